The SMILES string of the molecule is COC(=O)[C@H]1CSc2cc(N3C(=S)N(c4ccc(C#N)c(C(F)(F)F)c4)C(=O)C3(C)C)ccc2O1. The van der Waals surface area contributed by atoms with Crippen LogP contribution in [0.25, 0.3) is 0 Å². The molecule has 0 spiro atoms. The minimum Gasteiger partial charge on any atom is -0.477 e. The summed E-state index contributed by atoms with van der Waals surface area (Å²) in [6, 6.07) is 9.61. The fourth-order valence-corrected chi connectivity index (χ4v) is 5.43. The number of hydrogen-bond acceptors (Lipinski definition) is 7. The smallest absolute Gasteiger partial charge is 0.417 e. The number of benzene rings is 2. The Morgan fingerprint density at radius 2 is 1.94 bits per heavy atom. The van der Waals surface area contributed by atoms with Crippen molar-refractivity contribution in [1.29, 1.82) is 5.26 Å². The molecule has 0 aliphatic carbocycles. The average molecular weight is 522 g/mol. The number of amides is 1. The maximum atomic E-state index is 13.5. The predicted octanol–water partition coefficient (Wildman–Crippen LogP) is 4.52. The molecule has 1 fully saturated rings. The van der Waals surface area contributed by atoms with E-state index >= 15 is 0 Å². The highest BCUT2D eigenvalue weighted by Gasteiger charge is 2.51. The van der Waals surface area contributed by atoms with Crippen molar-refractivity contribution in [3.8, 4) is 11.8 Å². The largest absolute Gasteiger partial charge is 0.477 e. The van der Waals surface area contributed by atoms with E-state index in [0.717, 1.165) is 17.0 Å². The molecule has 0 N–H and O–H groups in total. The van der Waals surface area contributed by atoms with Crippen molar-refractivity contribution >= 4 is 52.3 Å². The summed E-state index contributed by atoms with van der Waals surface area (Å²) in [5.41, 5.74) is -2.46. The van der Waals surface area contributed by atoms with Gasteiger partial charge in [-0.2, -0.15) is 18.4 Å². The van der Waals surface area contributed by atoms with Gasteiger partial charge in [0.05, 0.1) is 34.9 Å². The molecule has 2 aromatic carbocycles. The van der Waals surface area contributed by atoms with E-state index in [4.69, 9.17) is 27.0 Å². The molecule has 1 atom stereocenters. The van der Waals surface area contributed by atoms with Crippen molar-refractivity contribution in [2.45, 2.75) is 36.6 Å². The van der Waals surface area contributed by atoms with Gasteiger partial charge in [-0.25, -0.2) is 4.79 Å². The summed E-state index contributed by atoms with van der Waals surface area (Å²) >= 11 is 6.93. The Hall–Kier alpha value is -3.30. The zero-order valence-corrected chi connectivity index (χ0v) is 20.3. The molecule has 1 saturated heterocycles. The number of thiocarbonyl (C=S) groups is 1. The maximum absolute atomic E-state index is 13.5. The first-order valence-corrected chi connectivity index (χ1v) is 11.6. The maximum Gasteiger partial charge on any atom is 0.417 e. The number of nitrogens with zero attached hydrogens (tertiary/aromatic N) is 3. The number of fused-ring (bicyclic) bond motifs is 1. The van der Waals surface area contributed by atoms with Crippen LogP contribution in [-0.2, 0) is 20.5 Å². The van der Waals surface area contributed by atoms with Crippen LogP contribution < -0.4 is 14.5 Å². The molecule has 0 bridgehead atoms. The van der Waals surface area contributed by atoms with Crippen molar-refractivity contribution in [2.75, 3.05) is 22.7 Å². The van der Waals surface area contributed by atoms with Crippen molar-refractivity contribution in [3.63, 3.8) is 0 Å². The van der Waals surface area contributed by atoms with Gasteiger partial charge < -0.3 is 14.4 Å². The van der Waals surface area contributed by atoms with Gasteiger partial charge in [0.1, 0.15) is 11.3 Å². The monoisotopic (exact) mass is 521 g/mol. The summed E-state index contributed by atoms with van der Waals surface area (Å²) in [6.07, 6.45) is -5.53. The van der Waals surface area contributed by atoms with Crippen LogP contribution in [0.3, 0.4) is 0 Å². The summed E-state index contributed by atoms with van der Waals surface area (Å²) in [5.74, 6) is -0.217. The predicted molar refractivity (Wildman–Crippen MR) is 126 cm³/mol. The molecule has 0 aromatic heterocycles. The highest BCUT2D eigenvalue weighted by Crippen LogP contribution is 2.43. The topological polar surface area (TPSA) is 82.9 Å². The molecule has 4 rings (SSSR count). The number of carbonyl (C=O) groups excluding carboxylic acids is 2. The van der Waals surface area contributed by atoms with Gasteiger partial charge in [-0.05, 0) is 62.5 Å². The van der Waals surface area contributed by atoms with E-state index in [1.807, 2.05) is 0 Å². The Bertz CT molecular complexity index is 1290. The summed E-state index contributed by atoms with van der Waals surface area (Å²) in [6.45, 7) is 3.23. The molecule has 12 heteroatoms. The first-order valence-electron chi connectivity index (χ1n) is 10.2. The van der Waals surface area contributed by atoms with Gasteiger partial charge in [0.25, 0.3) is 5.91 Å². The zero-order chi connectivity index (χ0) is 25.7. The lowest BCUT2D eigenvalue weighted by molar-refractivity contribution is -0.147. The van der Waals surface area contributed by atoms with E-state index in [2.05, 4.69) is 0 Å². The molecule has 0 unspecified atom stereocenters. The average Bonchev–Trinajstić information content (AvgIpc) is 3.00. The Kier molecular flexibility index (Phi) is 6.19. The Morgan fingerprint density at radius 1 is 1.26 bits per heavy atom. The fourth-order valence-electron chi connectivity index (χ4n) is 3.91. The van der Waals surface area contributed by atoms with Gasteiger partial charge in [-0.3, -0.25) is 9.69 Å². The second-order valence-electron chi connectivity index (χ2n) is 8.23. The van der Waals surface area contributed by atoms with Gasteiger partial charge in [0.15, 0.2) is 5.11 Å². The lowest BCUT2D eigenvalue weighted by Gasteiger charge is -2.31. The van der Waals surface area contributed by atoms with Crippen LogP contribution in [0.1, 0.15) is 25.0 Å². The number of thioether (sulfide) groups is 1. The summed E-state index contributed by atoms with van der Waals surface area (Å²) in [7, 11) is 1.28. The molecule has 7 nitrogen and oxygen atoms in total. The molecule has 1 amide bonds. The third-order valence-electron chi connectivity index (χ3n) is 5.66. The van der Waals surface area contributed by atoms with E-state index in [-0.39, 0.29) is 10.8 Å². The molecular weight excluding hydrogens is 503 g/mol. The van der Waals surface area contributed by atoms with E-state index in [1.54, 1.807) is 36.9 Å². The Morgan fingerprint density at radius 3 is 2.57 bits per heavy atom. The van der Waals surface area contributed by atoms with Gasteiger partial charge in [0.2, 0.25) is 6.10 Å². The molecular formula is C23H18F3N3O4S2. The summed E-state index contributed by atoms with van der Waals surface area (Å²) in [4.78, 5) is 28.5. The second kappa shape index (κ2) is 8.73. The van der Waals surface area contributed by atoms with Crippen molar-refractivity contribution < 1.29 is 32.2 Å². The first-order chi connectivity index (χ1) is 16.4. The Balaban J connectivity index is 1.71. The van der Waals surface area contributed by atoms with Crippen LogP contribution in [-0.4, -0.2) is 41.5 Å². The number of carbonyl (C=O) groups is 2. The number of esters is 1. The van der Waals surface area contributed by atoms with Crippen molar-refractivity contribution in [1.82, 2.24) is 0 Å². The minimum absolute atomic E-state index is 0.00746. The summed E-state index contributed by atoms with van der Waals surface area (Å²) in [5, 5.41) is 9.06. The number of nitriles is 1. The normalized spacial score (nSPS) is 19.2. The highest BCUT2D eigenvalue weighted by atomic mass is 32.2. The van der Waals surface area contributed by atoms with Crippen molar-refractivity contribution in [3.05, 3.63) is 47.5 Å². The first kappa shape index (κ1) is 24.8. The van der Waals surface area contributed by atoms with Gasteiger partial charge in [-0.15, -0.1) is 11.8 Å². The van der Waals surface area contributed by atoms with Gasteiger partial charge in [-0.1, -0.05) is 0 Å². The molecule has 0 saturated carbocycles. The number of alkyl halides is 3. The molecule has 182 valence electrons. The van der Waals surface area contributed by atoms with E-state index in [0.29, 0.717) is 22.1 Å². The van der Waals surface area contributed by atoms with E-state index < -0.39 is 40.8 Å². The standard InChI is InChI=1S/C23H18F3N3O4S2/c1-22(2)20(31)28(13-5-4-12(10-27)15(8-13)23(24,25)26)21(34)29(22)14-6-7-16-18(9-14)35-11-17(33-16)19(30)32-3/h4-9,17H,11H2,1-3H3/t17-/m1/s1. The molecule has 2 aliphatic heterocycles. The lowest BCUT2D eigenvalue weighted by Crippen LogP contribution is -2.44. The highest BCUT2D eigenvalue weighted by molar-refractivity contribution is 7.99. The second-order valence-corrected chi connectivity index (χ2v) is 9.66. The number of ether oxygens (including phenoxy) is 2. The van der Waals surface area contributed by atoms with Crippen LogP contribution in [0, 0.1) is 11.3 Å². The van der Waals surface area contributed by atoms with E-state index in [9.17, 15) is 22.8 Å². The quantitative estimate of drug-likeness (QED) is 0.431. The van der Waals surface area contributed by atoms with E-state index in [1.165, 1.54) is 31.0 Å². The third-order valence-corrected chi connectivity index (χ3v) is 7.13. The lowest BCUT2D eigenvalue weighted by atomic mass is 10.0. The van der Waals surface area contributed by atoms with Crippen LogP contribution >= 0.6 is 24.0 Å². The van der Waals surface area contributed by atoms with Crippen LogP contribution in [0.4, 0.5) is 24.5 Å². The van der Waals surface area contributed by atoms with Crippen LogP contribution in [0.2, 0.25) is 0 Å². The summed E-state index contributed by atoms with van der Waals surface area (Å²) < 4.78 is 51.0. The molecule has 0 radical (unpaired) electrons. The van der Waals surface area contributed by atoms with Crippen LogP contribution in [0.15, 0.2) is 41.3 Å². The van der Waals surface area contributed by atoms with Gasteiger partial charge >= 0.3 is 12.1 Å². The number of halogens is 3. The molecule has 2 heterocycles. The fraction of sp³-hybridized carbons (Fsp3) is 0.304. The third kappa shape index (κ3) is 4.19. The Labute approximate surface area is 208 Å². The number of rotatable bonds is 3. The number of hydrogen-bond donors (Lipinski definition) is 0. The van der Waals surface area contributed by atoms with Gasteiger partial charge in [0, 0.05) is 11.4 Å². The number of methoxy groups -OCH3 is 1. The van der Waals surface area contributed by atoms with Crippen molar-refractivity contribution in [2.24, 2.45) is 0 Å². The molecule has 2 aromatic rings. The minimum atomic E-state index is -4.78. The molecule has 35 heavy (non-hydrogen) atoms. The zero-order valence-electron chi connectivity index (χ0n) is 18.7. The van der Waals surface area contributed by atoms with Crippen LogP contribution in [0.5, 0.6) is 5.75 Å². The molecule has 2 aliphatic rings. The number of anilines is 2.